The van der Waals surface area contributed by atoms with Crippen LogP contribution in [-0.4, -0.2) is 62.0 Å². The van der Waals surface area contributed by atoms with E-state index < -0.39 is 36.5 Å². The molecule has 0 amide bonds. The highest BCUT2D eigenvalue weighted by Gasteiger charge is 2.41. The highest BCUT2D eigenvalue weighted by atomic mass is 32.1. The van der Waals surface area contributed by atoms with Crippen molar-refractivity contribution in [3.63, 3.8) is 0 Å². The van der Waals surface area contributed by atoms with Crippen molar-refractivity contribution in [1.29, 1.82) is 0 Å². The Kier molecular flexibility index (Phi) is 6.74. The second-order valence-electron chi connectivity index (χ2n) is 4.55. The second-order valence-corrected chi connectivity index (χ2v) is 5.06. The molecular formula is C13H20O6S. The summed E-state index contributed by atoms with van der Waals surface area (Å²) < 4.78 is 4.88. The first-order chi connectivity index (χ1) is 9.36. The summed E-state index contributed by atoms with van der Waals surface area (Å²) in [7, 11) is 0. The van der Waals surface area contributed by atoms with Crippen LogP contribution < -0.4 is 0 Å². The molecule has 1 aliphatic rings. The molecule has 1 aromatic carbocycles. The number of thiol groups is 1. The maximum absolute atomic E-state index is 9.20. The molecule has 6 nitrogen and oxygen atoms in total. The quantitative estimate of drug-likeness (QED) is 0.387. The molecule has 0 bridgehead atoms. The van der Waals surface area contributed by atoms with Crippen LogP contribution in [0.1, 0.15) is 5.56 Å². The van der Waals surface area contributed by atoms with Gasteiger partial charge in [-0.3, -0.25) is 0 Å². The minimum atomic E-state index is -1.32. The molecule has 1 heterocycles. The SMILES string of the molecule is Cc1ccc(O)cc1.OC[C@H]1OC(S)[C@H](O)[C@@H](O)[C@@H]1O. The van der Waals surface area contributed by atoms with Crippen LogP contribution in [0.2, 0.25) is 0 Å². The van der Waals surface area contributed by atoms with E-state index in [-0.39, 0.29) is 0 Å². The molecule has 2 rings (SSSR count). The molecule has 1 unspecified atom stereocenters. The number of rotatable bonds is 1. The summed E-state index contributed by atoms with van der Waals surface area (Å²) in [5, 5.41) is 44.9. The van der Waals surface area contributed by atoms with Crippen LogP contribution in [0.3, 0.4) is 0 Å². The Balaban J connectivity index is 0.000000217. The molecule has 1 fully saturated rings. The Labute approximate surface area is 122 Å². The number of benzene rings is 1. The summed E-state index contributed by atoms with van der Waals surface area (Å²) in [5.74, 6) is 0.329. The Morgan fingerprint density at radius 2 is 1.60 bits per heavy atom. The van der Waals surface area contributed by atoms with E-state index in [1.165, 1.54) is 5.56 Å². The molecule has 7 heteroatoms. The van der Waals surface area contributed by atoms with Gasteiger partial charge < -0.3 is 30.3 Å². The summed E-state index contributed by atoms with van der Waals surface area (Å²) in [6.07, 6.45) is -4.70. The molecule has 20 heavy (non-hydrogen) atoms. The van der Waals surface area contributed by atoms with Crippen molar-refractivity contribution < 1.29 is 30.3 Å². The van der Waals surface area contributed by atoms with Gasteiger partial charge in [-0.1, -0.05) is 17.7 Å². The summed E-state index contributed by atoms with van der Waals surface area (Å²) in [6, 6.07) is 7.09. The first kappa shape index (κ1) is 17.2. The normalized spacial score (nSPS) is 33.2. The third kappa shape index (κ3) is 4.62. The lowest BCUT2D eigenvalue weighted by Crippen LogP contribution is -2.56. The van der Waals surface area contributed by atoms with E-state index in [4.69, 9.17) is 20.1 Å². The molecule has 0 aliphatic carbocycles. The van der Waals surface area contributed by atoms with Crippen LogP contribution in [0, 0.1) is 6.92 Å². The van der Waals surface area contributed by atoms with Crippen molar-refractivity contribution in [2.45, 2.75) is 36.8 Å². The van der Waals surface area contributed by atoms with Crippen molar-refractivity contribution in [2.24, 2.45) is 0 Å². The molecule has 0 radical (unpaired) electrons. The van der Waals surface area contributed by atoms with Crippen LogP contribution in [0.4, 0.5) is 0 Å². The molecule has 1 saturated heterocycles. The van der Waals surface area contributed by atoms with Gasteiger partial charge in [-0.05, 0) is 19.1 Å². The van der Waals surface area contributed by atoms with Crippen molar-refractivity contribution in [1.82, 2.24) is 0 Å². The largest absolute Gasteiger partial charge is 0.508 e. The van der Waals surface area contributed by atoms with Crippen molar-refractivity contribution in [3.05, 3.63) is 29.8 Å². The van der Waals surface area contributed by atoms with Gasteiger partial charge in [0.1, 0.15) is 35.6 Å². The van der Waals surface area contributed by atoms with Crippen LogP contribution in [0.25, 0.3) is 0 Å². The highest BCUT2D eigenvalue weighted by Crippen LogP contribution is 2.22. The van der Waals surface area contributed by atoms with Crippen molar-refractivity contribution in [2.75, 3.05) is 6.61 Å². The molecule has 5 N–H and O–H groups in total. The molecule has 1 aliphatic heterocycles. The number of aliphatic hydroxyl groups is 4. The summed E-state index contributed by atoms with van der Waals surface area (Å²) >= 11 is 3.81. The number of aryl methyl sites for hydroxylation is 1. The number of hydrogen-bond donors (Lipinski definition) is 6. The van der Waals surface area contributed by atoms with Gasteiger partial charge in [0, 0.05) is 0 Å². The lowest BCUT2D eigenvalue weighted by Gasteiger charge is -2.37. The molecule has 0 saturated carbocycles. The summed E-state index contributed by atoms with van der Waals surface area (Å²) in [5.41, 5.74) is 0.295. The number of hydrogen-bond acceptors (Lipinski definition) is 7. The highest BCUT2D eigenvalue weighted by molar-refractivity contribution is 7.80. The van der Waals surface area contributed by atoms with E-state index in [0.717, 1.165) is 0 Å². The molecule has 114 valence electrons. The number of aliphatic hydroxyl groups excluding tert-OH is 4. The minimum absolute atomic E-state index is 0.329. The van der Waals surface area contributed by atoms with Crippen molar-refractivity contribution in [3.8, 4) is 5.75 Å². The lowest BCUT2D eigenvalue weighted by atomic mass is 10.0. The zero-order valence-electron chi connectivity index (χ0n) is 11.0. The maximum Gasteiger partial charge on any atom is 0.129 e. The average molecular weight is 304 g/mol. The standard InChI is InChI=1S/C7H8O.C6H12O5S/c1-6-2-4-7(8)5-3-6;7-1-2-3(8)4(9)5(10)6(12)11-2/h2-5,8H,1H3;2-10,12H,1H2/t;2-,3-,4+,5-,6?/m.1/s1. The van der Waals surface area contributed by atoms with Gasteiger partial charge in [-0.25, -0.2) is 0 Å². The predicted molar refractivity (Wildman–Crippen MR) is 75.6 cm³/mol. The van der Waals surface area contributed by atoms with Gasteiger partial charge >= 0.3 is 0 Å². The average Bonchev–Trinajstić information content (AvgIpc) is 2.44. The first-order valence-electron chi connectivity index (χ1n) is 6.11. The predicted octanol–water partition coefficient (Wildman–Crippen LogP) is -0.583. The molecule has 0 aromatic heterocycles. The van der Waals surface area contributed by atoms with Gasteiger partial charge in [-0.2, -0.15) is 0 Å². The monoisotopic (exact) mass is 304 g/mol. The number of ether oxygens (including phenoxy) is 1. The van der Waals surface area contributed by atoms with Gasteiger partial charge in [0.05, 0.1) is 6.61 Å². The number of phenols is 1. The van der Waals surface area contributed by atoms with E-state index >= 15 is 0 Å². The first-order valence-corrected chi connectivity index (χ1v) is 6.62. The van der Waals surface area contributed by atoms with E-state index in [9.17, 15) is 10.2 Å². The van der Waals surface area contributed by atoms with Crippen molar-refractivity contribution >= 4 is 12.6 Å². The van der Waals surface area contributed by atoms with Crippen LogP contribution >= 0.6 is 12.6 Å². The Morgan fingerprint density at radius 3 is 2.05 bits per heavy atom. The smallest absolute Gasteiger partial charge is 0.129 e. The van der Waals surface area contributed by atoms with Gasteiger partial charge in [0.15, 0.2) is 0 Å². The van der Waals surface area contributed by atoms with E-state index in [1.807, 2.05) is 19.1 Å². The minimum Gasteiger partial charge on any atom is -0.508 e. The Hall–Kier alpha value is -0.830. The van der Waals surface area contributed by atoms with Crippen LogP contribution in [-0.2, 0) is 4.74 Å². The second kappa shape index (κ2) is 7.82. The van der Waals surface area contributed by atoms with Crippen LogP contribution in [0.5, 0.6) is 5.75 Å². The number of aromatic hydroxyl groups is 1. The fourth-order valence-corrected chi connectivity index (χ4v) is 1.96. The number of phenolic OH excluding ortho intramolecular Hbond substituents is 1. The maximum atomic E-state index is 9.20. The fourth-order valence-electron chi connectivity index (χ4n) is 1.63. The fraction of sp³-hybridized carbons (Fsp3) is 0.538. The third-order valence-corrected chi connectivity index (χ3v) is 3.33. The molecular weight excluding hydrogens is 284 g/mol. The third-order valence-electron chi connectivity index (χ3n) is 2.90. The zero-order valence-corrected chi connectivity index (χ0v) is 11.9. The van der Waals surface area contributed by atoms with Gasteiger partial charge in [0.2, 0.25) is 0 Å². The Bertz CT molecular complexity index is 373. The summed E-state index contributed by atoms with van der Waals surface area (Å²) in [4.78, 5) is 0. The van der Waals surface area contributed by atoms with Gasteiger partial charge in [0.25, 0.3) is 0 Å². The van der Waals surface area contributed by atoms with E-state index in [2.05, 4.69) is 12.6 Å². The Morgan fingerprint density at radius 1 is 1.05 bits per heavy atom. The molecule has 5 atom stereocenters. The topological polar surface area (TPSA) is 110 Å². The van der Waals surface area contributed by atoms with E-state index in [1.54, 1.807) is 12.1 Å². The van der Waals surface area contributed by atoms with Crippen LogP contribution in [0.15, 0.2) is 24.3 Å². The molecule has 0 spiro atoms. The molecule has 1 aromatic rings. The van der Waals surface area contributed by atoms with E-state index in [0.29, 0.717) is 5.75 Å². The van der Waals surface area contributed by atoms with Gasteiger partial charge in [-0.15, -0.1) is 12.6 Å². The zero-order chi connectivity index (χ0) is 15.3. The lowest BCUT2D eigenvalue weighted by molar-refractivity contribution is -0.205. The summed E-state index contributed by atoms with van der Waals surface area (Å²) in [6.45, 7) is 1.57.